The Morgan fingerprint density at radius 1 is 1.57 bits per heavy atom. The summed E-state index contributed by atoms with van der Waals surface area (Å²) >= 11 is 0. The van der Waals surface area contributed by atoms with Crippen molar-refractivity contribution in [2.45, 2.75) is 13.3 Å². The molecular formula is C9H10FNO3. The van der Waals surface area contributed by atoms with Crippen LogP contribution in [0.25, 0.3) is 0 Å². The van der Waals surface area contributed by atoms with Crippen molar-refractivity contribution in [3.8, 4) is 5.75 Å². The van der Waals surface area contributed by atoms with Crippen LogP contribution in [0.4, 0.5) is 10.1 Å². The van der Waals surface area contributed by atoms with Crippen LogP contribution in [-0.2, 0) is 0 Å². The second kappa shape index (κ2) is 4.55. The molecule has 0 aliphatic rings. The smallest absolute Gasteiger partial charge is 0.308 e. The van der Waals surface area contributed by atoms with Gasteiger partial charge >= 0.3 is 5.69 Å². The Bertz CT molecular complexity index is 341. The van der Waals surface area contributed by atoms with Crippen LogP contribution in [0.15, 0.2) is 18.2 Å². The summed E-state index contributed by atoms with van der Waals surface area (Å²) in [5.41, 5.74) is -0.557. The molecule has 5 heteroatoms. The van der Waals surface area contributed by atoms with Gasteiger partial charge < -0.3 is 4.74 Å². The summed E-state index contributed by atoms with van der Waals surface area (Å²) in [6.07, 6.45) is 0.797. The van der Waals surface area contributed by atoms with Gasteiger partial charge in [-0.15, -0.1) is 0 Å². The van der Waals surface area contributed by atoms with Crippen LogP contribution < -0.4 is 4.74 Å². The second-order valence-corrected chi connectivity index (χ2v) is 2.72. The average molecular weight is 199 g/mol. The molecule has 0 heterocycles. The predicted octanol–water partition coefficient (Wildman–Crippen LogP) is 2.52. The minimum atomic E-state index is -0.848. The van der Waals surface area contributed by atoms with Crippen molar-refractivity contribution >= 4 is 5.69 Å². The molecule has 0 saturated carbocycles. The molecule has 0 atom stereocenters. The minimum absolute atomic E-state index is 0.319. The van der Waals surface area contributed by atoms with Gasteiger partial charge in [-0.25, -0.2) is 0 Å². The Balaban J connectivity index is 2.89. The van der Waals surface area contributed by atoms with Crippen molar-refractivity contribution in [2.75, 3.05) is 6.61 Å². The molecule has 4 nitrogen and oxygen atoms in total. The first-order valence-corrected chi connectivity index (χ1v) is 4.22. The van der Waals surface area contributed by atoms with Crippen molar-refractivity contribution in [1.29, 1.82) is 0 Å². The van der Waals surface area contributed by atoms with Gasteiger partial charge in [0, 0.05) is 0 Å². The number of benzene rings is 1. The number of hydrogen-bond donors (Lipinski definition) is 0. The molecule has 0 N–H and O–H groups in total. The fourth-order valence-electron chi connectivity index (χ4n) is 0.942. The first-order valence-electron chi connectivity index (χ1n) is 4.22. The topological polar surface area (TPSA) is 52.4 Å². The summed E-state index contributed by atoms with van der Waals surface area (Å²) in [5, 5.41) is 10.4. The number of rotatable bonds is 4. The molecule has 1 rings (SSSR count). The van der Waals surface area contributed by atoms with Crippen molar-refractivity contribution in [3.63, 3.8) is 0 Å². The van der Waals surface area contributed by atoms with E-state index in [0.717, 1.165) is 18.6 Å². The second-order valence-electron chi connectivity index (χ2n) is 2.72. The highest BCUT2D eigenvalue weighted by molar-refractivity contribution is 5.39. The lowest BCUT2D eigenvalue weighted by Crippen LogP contribution is -1.97. The summed E-state index contributed by atoms with van der Waals surface area (Å²) < 4.78 is 18.0. The Morgan fingerprint density at radius 2 is 2.29 bits per heavy atom. The molecule has 0 saturated heterocycles. The first kappa shape index (κ1) is 10.4. The van der Waals surface area contributed by atoms with E-state index in [2.05, 4.69) is 0 Å². The molecule has 0 bridgehead atoms. The quantitative estimate of drug-likeness (QED) is 0.553. The van der Waals surface area contributed by atoms with Crippen molar-refractivity contribution in [3.05, 3.63) is 34.1 Å². The number of nitro groups is 1. The van der Waals surface area contributed by atoms with E-state index in [-0.39, 0.29) is 0 Å². The van der Waals surface area contributed by atoms with E-state index < -0.39 is 16.4 Å². The highest BCUT2D eigenvalue weighted by Crippen LogP contribution is 2.23. The van der Waals surface area contributed by atoms with Crippen LogP contribution in [0.2, 0.25) is 0 Å². The van der Waals surface area contributed by atoms with Crippen LogP contribution in [0.5, 0.6) is 5.75 Å². The minimum Gasteiger partial charge on any atom is -0.493 e. The number of hydrogen-bond acceptors (Lipinski definition) is 3. The Hall–Kier alpha value is -1.65. The maximum Gasteiger partial charge on any atom is 0.308 e. The van der Waals surface area contributed by atoms with E-state index in [1.807, 2.05) is 6.92 Å². The zero-order valence-electron chi connectivity index (χ0n) is 7.70. The van der Waals surface area contributed by atoms with Crippen molar-refractivity contribution < 1.29 is 14.1 Å². The molecule has 0 radical (unpaired) electrons. The molecule has 1 aromatic rings. The molecule has 0 fully saturated rings. The fraction of sp³-hybridized carbons (Fsp3) is 0.333. The van der Waals surface area contributed by atoms with Gasteiger partial charge in [0.25, 0.3) is 0 Å². The summed E-state index contributed by atoms with van der Waals surface area (Å²) in [4.78, 5) is 9.59. The Kier molecular flexibility index (Phi) is 3.39. The third kappa shape index (κ3) is 2.42. The molecule has 0 aliphatic carbocycles. The molecule has 0 amide bonds. The largest absolute Gasteiger partial charge is 0.493 e. The third-order valence-corrected chi connectivity index (χ3v) is 1.59. The van der Waals surface area contributed by atoms with Gasteiger partial charge in [0.15, 0.2) is 0 Å². The van der Waals surface area contributed by atoms with E-state index in [1.54, 1.807) is 0 Å². The molecule has 0 spiro atoms. The molecular weight excluding hydrogens is 189 g/mol. The average Bonchev–Trinajstić information content (AvgIpc) is 2.16. The van der Waals surface area contributed by atoms with Gasteiger partial charge in [0.2, 0.25) is 5.82 Å². The van der Waals surface area contributed by atoms with Crippen LogP contribution in [0.1, 0.15) is 13.3 Å². The van der Waals surface area contributed by atoms with Crippen molar-refractivity contribution in [1.82, 2.24) is 0 Å². The van der Waals surface area contributed by atoms with Crippen LogP contribution in [0.3, 0.4) is 0 Å². The summed E-state index contributed by atoms with van der Waals surface area (Å²) in [7, 11) is 0. The van der Waals surface area contributed by atoms with E-state index in [9.17, 15) is 14.5 Å². The first-order chi connectivity index (χ1) is 6.65. The van der Waals surface area contributed by atoms with Gasteiger partial charge in [0.1, 0.15) is 5.75 Å². The van der Waals surface area contributed by atoms with Crippen LogP contribution in [0, 0.1) is 15.9 Å². The predicted molar refractivity (Wildman–Crippen MR) is 48.8 cm³/mol. The third-order valence-electron chi connectivity index (χ3n) is 1.59. The lowest BCUT2D eigenvalue weighted by molar-refractivity contribution is -0.387. The molecule has 0 unspecified atom stereocenters. The lowest BCUT2D eigenvalue weighted by Gasteiger charge is -2.03. The summed E-state index contributed by atoms with van der Waals surface area (Å²) in [6, 6.07) is 3.49. The monoisotopic (exact) mass is 199 g/mol. The maximum absolute atomic E-state index is 12.8. The van der Waals surface area contributed by atoms with Crippen LogP contribution >= 0.6 is 0 Å². The van der Waals surface area contributed by atoms with E-state index >= 15 is 0 Å². The van der Waals surface area contributed by atoms with Gasteiger partial charge in [-0.05, 0) is 18.6 Å². The van der Waals surface area contributed by atoms with E-state index in [1.165, 1.54) is 6.07 Å². The van der Waals surface area contributed by atoms with Gasteiger partial charge in [-0.1, -0.05) is 6.92 Å². The summed E-state index contributed by atoms with van der Waals surface area (Å²) in [6.45, 7) is 2.38. The fourth-order valence-corrected chi connectivity index (χ4v) is 0.942. The Morgan fingerprint density at radius 3 is 2.86 bits per heavy atom. The normalized spacial score (nSPS) is 9.86. The molecule has 76 valence electrons. The van der Waals surface area contributed by atoms with Gasteiger partial charge in [0.05, 0.1) is 17.6 Å². The molecule has 0 aromatic heterocycles. The number of ether oxygens (including phenoxy) is 1. The SMILES string of the molecule is CCCOc1ccc(F)c([N+](=O)[O-])c1. The molecule has 1 aromatic carbocycles. The zero-order valence-corrected chi connectivity index (χ0v) is 7.70. The lowest BCUT2D eigenvalue weighted by atomic mass is 10.3. The summed E-state index contributed by atoms with van der Waals surface area (Å²) in [5.74, 6) is -0.529. The van der Waals surface area contributed by atoms with Gasteiger partial charge in [-0.2, -0.15) is 4.39 Å². The maximum atomic E-state index is 12.8. The van der Waals surface area contributed by atoms with E-state index in [0.29, 0.717) is 12.4 Å². The highest BCUT2D eigenvalue weighted by Gasteiger charge is 2.14. The van der Waals surface area contributed by atoms with Gasteiger partial charge in [-0.3, -0.25) is 10.1 Å². The molecule has 14 heavy (non-hydrogen) atoms. The number of nitrogens with zero attached hydrogens (tertiary/aromatic N) is 1. The zero-order chi connectivity index (χ0) is 10.6. The highest BCUT2D eigenvalue weighted by atomic mass is 19.1. The van der Waals surface area contributed by atoms with Crippen LogP contribution in [-0.4, -0.2) is 11.5 Å². The van der Waals surface area contributed by atoms with E-state index in [4.69, 9.17) is 4.74 Å². The Labute approximate surface area is 80.5 Å². The number of halogens is 1. The van der Waals surface area contributed by atoms with Crippen molar-refractivity contribution in [2.24, 2.45) is 0 Å². The molecule has 0 aliphatic heterocycles. The number of nitro benzene ring substituents is 1. The standard InChI is InChI=1S/C9H10FNO3/c1-2-5-14-7-3-4-8(10)9(6-7)11(12)13/h3-4,6H,2,5H2,1H3.